The van der Waals surface area contributed by atoms with Crippen LogP contribution in [-0.4, -0.2) is 71.9 Å². The molecule has 0 saturated carbocycles. The van der Waals surface area contributed by atoms with Crippen molar-refractivity contribution in [3.05, 3.63) is 53.4 Å². The van der Waals surface area contributed by atoms with E-state index in [2.05, 4.69) is 32.4 Å². The Morgan fingerprint density at radius 2 is 1.58 bits per heavy atom. The topological polar surface area (TPSA) is 238 Å². The molecule has 43 heavy (non-hydrogen) atoms. The third-order valence-corrected chi connectivity index (χ3v) is 9.07. The summed E-state index contributed by atoms with van der Waals surface area (Å²) in [7, 11) is -12.0. The molecule has 0 spiro atoms. The summed E-state index contributed by atoms with van der Waals surface area (Å²) in [5.41, 5.74) is -0.209. The summed E-state index contributed by atoms with van der Waals surface area (Å²) in [4.78, 5) is 2.69. The highest BCUT2D eigenvalue weighted by molar-refractivity contribution is 7.94. The lowest BCUT2D eigenvalue weighted by Crippen LogP contribution is -2.16. The molecule has 0 fully saturated rings. The van der Waals surface area contributed by atoms with Gasteiger partial charge in [-0.2, -0.15) is 22.1 Å². The van der Waals surface area contributed by atoms with Crippen molar-refractivity contribution < 1.29 is 39.1 Å². The lowest BCUT2D eigenvalue weighted by Gasteiger charge is -2.16. The smallest absolute Gasteiger partial charge is 0.296 e. The highest BCUT2D eigenvalue weighted by Crippen LogP contribution is 2.40. The first-order chi connectivity index (χ1) is 20.1. The zero-order valence-electron chi connectivity index (χ0n) is 23.0. The Bertz CT molecular complexity index is 1950. The van der Waals surface area contributed by atoms with E-state index in [1.807, 2.05) is 6.07 Å². The minimum absolute atomic E-state index is 0.00227. The number of ether oxygens (including phenoxy) is 1. The Kier molecular flexibility index (Phi) is 10.6. The minimum Gasteiger partial charge on any atom is -0.385 e. The Balaban J connectivity index is 2.25. The fraction of sp³-hybridized carbons (Fsp3) is 0.280. The molecule has 0 aliphatic rings. The highest BCUT2D eigenvalue weighted by atomic mass is 32.2. The predicted molar refractivity (Wildman–Crippen MR) is 159 cm³/mol. The molecule has 0 radical (unpaired) electrons. The van der Waals surface area contributed by atoms with Crippen LogP contribution in [0.4, 0.5) is 23.0 Å². The third-order valence-electron chi connectivity index (χ3n) is 6.03. The van der Waals surface area contributed by atoms with E-state index in [4.69, 9.17) is 4.74 Å². The van der Waals surface area contributed by atoms with Gasteiger partial charge in [-0.1, -0.05) is 30.8 Å². The number of benzene rings is 2. The van der Waals surface area contributed by atoms with Crippen LogP contribution in [-0.2, 0) is 34.8 Å². The summed E-state index contributed by atoms with van der Waals surface area (Å²) in [5, 5.41) is 24.6. The number of methoxy groups -OCH3 is 1. The molecule has 0 bridgehead atoms. The summed E-state index contributed by atoms with van der Waals surface area (Å²) in [6, 6.07) is 8.10. The molecule has 2 aromatic carbocycles. The van der Waals surface area contributed by atoms with Crippen molar-refractivity contribution >= 4 is 63.9 Å². The first-order valence-electron chi connectivity index (χ1n) is 12.3. The lowest BCUT2D eigenvalue weighted by atomic mass is 10.1. The summed E-state index contributed by atoms with van der Waals surface area (Å²) < 4.78 is 97.0. The number of hydrogen-bond donors (Lipinski definition) is 4. The van der Waals surface area contributed by atoms with Gasteiger partial charge in [0.05, 0.1) is 11.3 Å². The van der Waals surface area contributed by atoms with Crippen molar-refractivity contribution in [1.29, 1.82) is 5.26 Å². The molecular formula is C25H28N6O9S3. The first-order valence-corrected chi connectivity index (χ1v) is 16.9. The molecular weight excluding hydrogens is 625 g/mol. The van der Waals surface area contributed by atoms with Gasteiger partial charge in [0.2, 0.25) is 0 Å². The van der Waals surface area contributed by atoms with E-state index in [9.17, 15) is 39.6 Å². The number of anilines is 2. The van der Waals surface area contributed by atoms with Crippen LogP contribution in [0.1, 0.15) is 17.5 Å². The van der Waals surface area contributed by atoms with E-state index in [1.165, 1.54) is 38.3 Å². The molecule has 0 amide bonds. The fourth-order valence-electron chi connectivity index (χ4n) is 3.94. The normalized spacial score (nSPS) is 12.3. The van der Waals surface area contributed by atoms with E-state index in [0.29, 0.717) is 25.6 Å². The van der Waals surface area contributed by atoms with Gasteiger partial charge in [0.15, 0.2) is 15.7 Å². The number of fused-ring (bicyclic) bond motifs is 1. The van der Waals surface area contributed by atoms with Crippen molar-refractivity contribution in [2.45, 2.75) is 23.1 Å². The van der Waals surface area contributed by atoms with Gasteiger partial charge >= 0.3 is 0 Å². The number of rotatable bonds is 14. The number of pyridine rings is 1. The molecule has 3 rings (SSSR count). The van der Waals surface area contributed by atoms with Gasteiger partial charge in [-0.15, -0.1) is 10.2 Å². The molecule has 0 aliphatic carbocycles. The van der Waals surface area contributed by atoms with Crippen molar-refractivity contribution in [1.82, 2.24) is 4.98 Å². The van der Waals surface area contributed by atoms with Crippen LogP contribution in [0.15, 0.2) is 62.3 Å². The maximum absolute atomic E-state index is 12.3. The monoisotopic (exact) mass is 652 g/mol. The second-order valence-electron chi connectivity index (χ2n) is 8.92. The number of aromatic nitrogens is 1. The molecule has 0 aliphatic heterocycles. The van der Waals surface area contributed by atoms with Crippen LogP contribution in [0.25, 0.3) is 10.8 Å². The van der Waals surface area contributed by atoms with Crippen LogP contribution in [0.5, 0.6) is 0 Å². The van der Waals surface area contributed by atoms with Gasteiger partial charge < -0.3 is 15.4 Å². The largest absolute Gasteiger partial charge is 0.385 e. The molecule has 0 saturated heterocycles. The molecule has 15 nitrogen and oxygen atoms in total. The third kappa shape index (κ3) is 8.10. The lowest BCUT2D eigenvalue weighted by molar-refractivity contribution is 0.198. The average Bonchev–Trinajstić information content (AvgIpc) is 2.93. The van der Waals surface area contributed by atoms with Crippen LogP contribution in [0.3, 0.4) is 0 Å². The fourth-order valence-corrected chi connectivity index (χ4v) is 5.95. The Morgan fingerprint density at radius 1 is 0.977 bits per heavy atom. The quantitative estimate of drug-likeness (QED) is 0.110. The van der Waals surface area contributed by atoms with Crippen LogP contribution >= 0.6 is 0 Å². The molecule has 4 N–H and O–H groups in total. The highest BCUT2D eigenvalue weighted by Gasteiger charge is 2.26. The number of nitrogens with zero attached hydrogens (tertiary/aromatic N) is 4. The zero-order valence-corrected chi connectivity index (χ0v) is 25.4. The SMILES string of the molecule is C=CS(=O)(=O)CCNc1nc(NCCCOC)c(/N=N/c2c(S(=O)(=O)O)cc(S(=O)(=O)O)c3ccccc23)c(C)c1C#N. The number of hydrogen-bond acceptors (Lipinski definition) is 13. The van der Waals surface area contributed by atoms with Crippen molar-refractivity contribution in [2.24, 2.45) is 10.2 Å². The summed E-state index contributed by atoms with van der Waals surface area (Å²) in [6.45, 7) is 5.40. The van der Waals surface area contributed by atoms with E-state index >= 15 is 0 Å². The predicted octanol–water partition coefficient (Wildman–Crippen LogP) is 3.74. The van der Waals surface area contributed by atoms with Gasteiger partial charge in [-0.05, 0) is 19.4 Å². The standard InChI is InChI=1S/C25H28N6O9S3/c1-4-41(32,33)13-11-28-24-19(15-26)16(2)22(25(29-24)27-10-7-12-40-3)30-31-23-18-9-6-5-8-17(18)20(42(34,35)36)14-21(23)43(37,38)39/h4-6,8-9,14H,1,7,10-13H2,2-3H3,(H2,27,28,29)(H,34,35,36)(H,37,38,39)/b31-30+. The number of nitriles is 1. The van der Waals surface area contributed by atoms with E-state index in [0.717, 1.165) is 5.41 Å². The molecule has 0 unspecified atom stereocenters. The van der Waals surface area contributed by atoms with Gasteiger partial charge in [-0.25, -0.2) is 13.4 Å². The van der Waals surface area contributed by atoms with E-state index in [-0.39, 0.29) is 51.5 Å². The minimum atomic E-state index is -5.09. The van der Waals surface area contributed by atoms with Crippen molar-refractivity contribution in [2.75, 3.05) is 43.2 Å². The number of nitrogens with one attached hydrogen (secondary N) is 2. The molecule has 3 aromatic rings. The second kappa shape index (κ2) is 13.5. The number of sulfone groups is 1. The molecule has 0 atom stereocenters. The van der Waals surface area contributed by atoms with Gasteiger partial charge in [0.1, 0.15) is 33.1 Å². The maximum Gasteiger partial charge on any atom is 0.296 e. The van der Waals surface area contributed by atoms with Gasteiger partial charge in [0.25, 0.3) is 20.2 Å². The average molecular weight is 653 g/mol. The van der Waals surface area contributed by atoms with Gasteiger partial charge in [-0.3, -0.25) is 9.11 Å². The molecule has 18 heteroatoms. The second-order valence-corrected chi connectivity index (χ2v) is 13.8. The Morgan fingerprint density at radius 3 is 2.16 bits per heavy atom. The number of azo groups is 1. The molecule has 1 heterocycles. The van der Waals surface area contributed by atoms with E-state index < -0.39 is 45.6 Å². The van der Waals surface area contributed by atoms with Crippen LogP contribution in [0.2, 0.25) is 0 Å². The maximum atomic E-state index is 12.3. The van der Waals surface area contributed by atoms with Crippen molar-refractivity contribution in [3.63, 3.8) is 0 Å². The summed E-state index contributed by atoms with van der Waals surface area (Å²) >= 11 is 0. The first kappa shape index (κ1) is 33.5. The van der Waals surface area contributed by atoms with Gasteiger partial charge in [0, 0.05) is 48.6 Å². The summed E-state index contributed by atoms with van der Waals surface area (Å²) in [5.74, 6) is -0.169. The molecule has 230 valence electrons. The van der Waals surface area contributed by atoms with Crippen LogP contribution < -0.4 is 10.6 Å². The Labute approximate surface area is 248 Å². The molecule has 1 aromatic heterocycles. The summed E-state index contributed by atoms with van der Waals surface area (Å²) in [6.07, 6.45) is 0.531. The van der Waals surface area contributed by atoms with Crippen LogP contribution in [0, 0.1) is 18.3 Å². The zero-order chi connectivity index (χ0) is 32.0. The van der Waals surface area contributed by atoms with Crippen molar-refractivity contribution in [3.8, 4) is 6.07 Å². The Hall–Kier alpha value is -3.99. The van der Waals surface area contributed by atoms with E-state index in [1.54, 1.807) is 0 Å².